The van der Waals surface area contributed by atoms with Gasteiger partial charge in [-0.25, -0.2) is 0 Å². The average Bonchev–Trinajstić information content (AvgIpc) is 2.17. The predicted molar refractivity (Wildman–Crippen MR) is 50.0 cm³/mol. The van der Waals surface area contributed by atoms with Gasteiger partial charge in [0.2, 0.25) is 0 Å². The van der Waals surface area contributed by atoms with Crippen LogP contribution in [0.25, 0.3) is 10.9 Å². The minimum Gasteiger partial charge on any atom is -0.361 e. The quantitative estimate of drug-likeness (QED) is 0.661. The van der Waals surface area contributed by atoms with E-state index in [0.717, 1.165) is 0 Å². The second-order valence-electron chi connectivity index (χ2n) is 2.73. The summed E-state index contributed by atoms with van der Waals surface area (Å²) in [5.41, 5.74) is 0.993. The van der Waals surface area contributed by atoms with E-state index in [0.29, 0.717) is 22.8 Å². The maximum absolute atomic E-state index is 11.4. The number of fused-ring (bicyclic) bond motifs is 1. The van der Waals surface area contributed by atoms with Crippen molar-refractivity contribution in [3.05, 3.63) is 46.2 Å². The van der Waals surface area contributed by atoms with Gasteiger partial charge < -0.3 is 4.98 Å². The van der Waals surface area contributed by atoms with Crippen molar-refractivity contribution in [1.29, 1.82) is 0 Å². The number of pyridine rings is 1. The number of benzene rings is 1. The zero-order chi connectivity index (χ0) is 9.26. The van der Waals surface area contributed by atoms with Crippen LogP contribution in [-0.4, -0.2) is 11.3 Å². The maximum Gasteiger partial charge on any atom is 0.190 e. The molecule has 3 heteroatoms. The molecule has 0 saturated carbocycles. The highest BCUT2D eigenvalue weighted by molar-refractivity contribution is 5.95. The van der Waals surface area contributed by atoms with Crippen molar-refractivity contribution < 1.29 is 4.79 Å². The molecule has 3 nitrogen and oxygen atoms in total. The summed E-state index contributed by atoms with van der Waals surface area (Å²) in [6.07, 6.45) is 2.26. The van der Waals surface area contributed by atoms with E-state index in [1.165, 1.54) is 6.07 Å². The summed E-state index contributed by atoms with van der Waals surface area (Å²) >= 11 is 0. The lowest BCUT2D eigenvalue weighted by molar-refractivity contribution is 0.112. The lowest BCUT2D eigenvalue weighted by atomic mass is 10.1. The van der Waals surface area contributed by atoms with E-state index in [4.69, 9.17) is 0 Å². The van der Waals surface area contributed by atoms with Crippen molar-refractivity contribution in [1.82, 2.24) is 4.98 Å². The first kappa shape index (κ1) is 7.73. The van der Waals surface area contributed by atoms with Crippen LogP contribution in [0.3, 0.4) is 0 Å². The largest absolute Gasteiger partial charge is 0.361 e. The van der Waals surface area contributed by atoms with Gasteiger partial charge in [0.1, 0.15) is 0 Å². The Morgan fingerprint density at radius 3 is 2.85 bits per heavy atom. The number of aromatic amines is 1. The summed E-state index contributed by atoms with van der Waals surface area (Å²) in [7, 11) is 0. The highest BCUT2D eigenvalue weighted by Crippen LogP contribution is 2.09. The predicted octanol–water partition coefficient (Wildman–Crippen LogP) is 1.34. The first-order valence-corrected chi connectivity index (χ1v) is 3.88. The standard InChI is InChI=1S/C10H7NO2/c12-6-7-2-1-3-8-10(7)9(13)4-5-11-8/h1-6H,(H,11,13). The molecular formula is C10H7NO2. The molecule has 2 rings (SSSR count). The monoisotopic (exact) mass is 173 g/mol. The van der Waals surface area contributed by atoms with Gasteiger partial charge in [0.15, 0.2) is 11.7 Å². The van der Waals surface area contributed by atoms with E-state index in [1.54, 1.807) is 24.4 Å². The van der Waals surface area contributed by atoms with Crippen LogP contribution in [0.5, 0.6) is 0 Å². The van der Waals surface area contributed by atoms with E-state index in [2.05, 4.69) is 4.98 Å². The zero-order valence-electron chi connectivity index (χ0n) is 6.78. The summed E-state index contributed by atoms with van der Waals surface area (Å²) in [5, 5.41) is 0.458. The number of hydrogen-bond acceptors (Lipinski definition) is 2. The Labute approximate surface area is 74.0 Å². The van der Waals surface area contributed by atoms with Gasteiger partial charge in [-0.2, -0.15) is 0 Å². The number of hydrogen-bond donors (Lipinski definition) is 1. The Morgan fingerprint density at radius 2 is 2.08 bits per heavy atom. The number of aromatic nitrogens is 1. The lowest BCUT2D eigenvalue weighted by Gasteiger charge is -1.97. The minimum atomic E-state index is -0.128. The highest BCUT2D eigenvalue weighted by atomic mass is 16.1. The molecular weight excluding hydrogens is 166 g/mol. The van der Waals surface area contributed by atoms with Crippen LogP contribution in [0.1, 0.15) is 10.4 Å². The lowest BCUT2D eigenvalue weighted by Crippen LogP contribution is -2.02. The highest BCUT2D eigenvalue weighted by Gasteiger charge is 2.02. The molecule has 0 atom stereocenters. The first-order valence-electron chi connectivity index (χ1n) is 3.88. The smallest absolute Gasteiger partial charge is 0.190 e. The number of rotatable bonds is 1. The molecule has 1 aromatic carbocycles. The topological polar surface area (TPSA) is 49.9 Å². The van der Waals surface area contributed by atoms with Gasteiger partial charge in [0.25, 0.3) is 0 Å². The van der Waals surface area contributed by atoms with Crippen LogP contribution in [0.2, 0.25) is 0 Å². The third-order valence-electron chi connectivity index (χ3n) is 1.94. The molecule has 0 fully saturated rings. The molecule has 0 aliphatic heterocycles. The van der Waals surface area contributed by atoms with Gasteiger partial charge in [0.05, 0.1) is 5.39 Å². The van der Waals surface area contributed by atoms with E-state index in [-0.39, 0.29) is 5.43 Å². The average molecular weight is 173 g/mol. The SMILES string of the molecule is O=Cc1cccc2[nH]ccc(=O)c12. The van der Waals surface area contributed by atoms with Gasteiger partial charge in [0, 0.05) is 23.3 Å². The van der Waals surface area contributed by atoms with Gasteiger partial charge in [-0.15, -0.1) is 0 Å². The van der Waals surface area contributed by atoms with Crippen LogP contribution < -0.4 is 5.43 Å². The molecule has 0 radical (unpaired) electrons. The summed E-state index contributed by atoms with van der Waals surface area (Å²) in [6.45, 7) is 0. The van der Waals surface area contributed by atoms with Crippen molar-refractivity contribution in [2.75, 3.05) is 0 Å². The van der Waals surface area contributed by atoms with E-state index in [9.17, 15) is 9.59 Å². The third-order valence-corrected chi connectivity index (χ3v) is 1.94. The van der Waals surface area contributed by atoms with Crippen LogP contribution in [0.4, 0.5) is 0 Å². The molecule has 0 aliphatic carbocycles. The van der Waals surface area contributed by atoms with Crippen molar-refractivity contribution in [2.45, 2.75) is 0 Å². The van der Waals surface area contributed by atoms with Crippen molar-refractivity contribution in [2.24, 2.45) is 0 Å². The van der Waals surface area contributed by atoms with E-state index >= 15 is 0 Å². The second kappa shape index (κ2) is 2.86. The number of nitrogens with one attached hydrogen (secondary N) is 1. The normalized spacial score (nSPS) is 10.2. The van der Waals surface area contributed by atoms with Gasteiger partial charge in [-0.05, 0) is 6.07 Å². The van der Waals surface area contributed by atoms with Crippen LogP contribution >= 0.6 is 0 Å². The summed E-state index contributed by atoms with van der Waals surface area (Å²) < 4.78 is 0. The van der Waals surface area contributed by atoms with Crippen LogP contribution in [0.15, 0.2) is 35.3 Å². The van der Waals surface area contributed by atoms with Crippen LogP contribution in [0, 0.1) is 0 Å². The molecule has 64 valence electrons. The number of carbonyl (C=O) groups is 1. The fourth-order valence-electron chi connectivity index (χ4n) is 1.35. The van der Waals surface area contributed by atoms with E-state index < -0.39 is 0 Å². The van der Waals surface area contributed by atoms with Crippen molar-refractivity contribution in [3.8, 4) is 0 Å². The molecule has 1 N–H and O–H groups in total. The molecule has 0 spiro atoms. The fraction of sp³-hybridized carbons (Fsp3) is 0. The first-order chi connectivity index (χ1) is 6.33. The molecule has 0 aliphatic rings. The zero-order valence-corrected chi connectivity index (χ0v) is 6.78. The molecule has 0 amide bonds. The van der Waals surface area contributed by atoms with Gasteiger partial charge in [-0.3, -0.25) is 9.59 Å². The molecule has 0 unspecified atom stereocenters. The molecule has 2 aromatic rings. The summed E-state index contributed by atoms with van der Waals surface area (Å²) in [6, 6.07) is 6.55. The Hall–Kier alpha value is -1.90. The van der Waals surface area contributed by atoms with Crippen molar-refractivity contribution >= 4 is 17.2 Å². The minimum absolute atomic E-state index is 0.128. The van der Waals surface area contributed by atoms with Crippen LogP contribution in [-0.2, 0) is 0 Å². The van der Waals surface area contributed by atoms with E-state index in [1.807, 2.05) is 0 Å². The Kier molecular flexibility index (Phi) is 1.70. The molecule has 0 saturated heterocycles. The molecule has 13 heavy (non-hydrogen) atoms. The summed E-state index contributed by atoms with van der Waals surface area (Å²) in [5.74, 6) is 0. The Balaban J connectivity index is 3.03. The maximum atomic E-state index is 11.4. The van der Waals surface area contributed by atoms with Crippen molar-refractivity contribution in [3.63, 3.8) is 0 Å². The number of aldehydes is 1. The molecule has 0 bridgehead atoms. The molecule has 1 heterocycles. The Morgan fingerprint density at radius 1 is 1.23 bits per heavy atom. The van der Waals surface area contributed by atoms with Gasteiger partial charge in [-0.1, -0.05) is 12.1 Å². The Bertz CT molecular complexity index is 508. The number of carbonyl (C=O) groups excluding carboxylic acids is 1. The van der Waals surface area contributed by atoms with Gasteiger partial charge >= 0.3 is 0 Å². The summed E-state index contributed by atoms with van der Waals surface area (Å²) in [4.78, 5) is 24.9. The number of H-pyrrole nitrogens is 1. The second-order valence-corrected chi connectivity index (χ2v) is 2.73. The molecule has 1 aromatic heterocycles. The third kappa shape index (κ3) is 1.14. The fourth-order valence-corrected chi connectivity index (χ4v) is 1.35.